The Morgan fingerprint density at radius 3 is 2.77 bits per heavy atom. The molecule has 0 amide bonds. The molecule has 0 aliphatic carbocycles. The van der Waals surface area contributed by atoms with E-state index in [0.29, 0.717) is 6.61 Å². The van der Waals surface area contributed by atoms with Gasteiger partial charge in [-0.15, -0.1) is 0 Å². The summed E-state index contributed by atoms with van der Waals surface area (Å²) in [6.45, 7) is 6.03. The Hall–Kier alpha value is -0.440. The minimum absolute atomic E-state index is 0.321. The third-order valence-corrected chi connectivity index (χ3v) is 2.64. The fourth-order valence-electron chi connectivity index (χ4n) is 0.741. The van der Waals surface area contributed by atoms with Crippen LogP contribution in [-0.4, -0.2) is 24.1 Å². The van der Waals surface area contributed by atoms with Crippen LogP contribution in [0.5, 0.6) is 0 Å². The van der Waals surface area contributed by atoms with Crippen LogP contribution in [0.25, 0.3) is 0 Å². The first-order valence-corrected chi connectivity index (χ1v) is 5.83. The Morgan fingerprint density at radius 2 is 2.15 bits per heavy atom. The molecule has 0 saturated heterocycles. The lowest BCUT2D eigenvalue weighted by Gasteiger charge is -2.01. The largest absolute Gasteiger partial charge is 0.463 e. The summed E-state index contributed by atoms with van der Waals surface area (Å²) < 4.78 is 4.83. The van der Waals surface area contributed by atoms with Gasteiger partial charge in [0, 0.05) is 6.08 Å². The molecule has 0 aromatic carbocycles. The maximum absolute atomic E-state index is 10.6. The van der Waals surface area contributed by atoms with Gasteiger partial charge in [-0.3, -0.25) is 0 Å². The summed E-state index contributed by atoms with van der Waals surface area (Å²) in [6, 6.07) is 0. The summed E-state index contributed by atoms with van der Waals surface area (Å²) in [4.78, 5) is 10.6. The van der Waals surface area contributed by atoms with Gasteiger partial charge in [-0.05, 0) is 24.3 Å². The second kappa shape index (κ2) is 9.65. The van der Waals surface area contributed by atoms with Gasteiger partial charge >= 0.3 is 5.97 Å². The molecular formula is C10H18O2S. The van der Waals surface area contributed by atoms with Gasteiger partial charge < -0.3 is 4.74 Å². The van der Waals surface area contributed by atoms with Gasteiger partial charge in [0.05, 0.1) is 6.61 Å². The molecule has 0 aromatic rings. The van der Waals surface area contributed by atoms with E-state index >= 15 is 0 Å². The number of carbonyl (C=O) groups excluding carboxylic acids is 1. The molecular weight excluding hydrogens is 184 g/mol. The summed E-state index contributed by atoms with van der Waals surface area (Å²) >= 11 is 1.92. The van der Waals surface area contributed by atoms with Crippen molar-refractivity contribution in [3.05, 3.63) is 12.7 Å². The molecule has 0 saturated carbocycles. The van der Waals surface area contributed by atoms with Crippen LogP contribution < -0.4 is 0 Å². The van der Waals surface area contributed by atoms with E-state index in [-0.39, 0.29) is 5.97 Å². The Morgan fingerprint density at radius 1 is 1.46 bits per heavy atom. The van der Waals surface area contributed by atoms with Crippen molar-refractivity contribution in [3.63, 3.8) is 0 Å². The van der Waals surface area contributed by atoms with Crippen LogP contribution in [0.15, 0.2) is 12.7 Å². The predicted octanol–water partition coefficient (Wildman–Crippen LogP) is 2.64. The Bertz CT molecular complexity index is 146. The third kappa shape index (κ3) is 9.47. The van der Waals surface area contributed by atoms with Gasteiger partial charge in [-0.25, -0.2) is 4.79 Å². The zero-order valence-electron chi connectivity index (χ0n) is 8.25. The molecule has 0 bridgehead atoms. The minimum atomic E-state index is -0.321. The monoisotopic (exact) mass is 202 g/mol. The molecule has 0 aromatic heterocycles. The van der Waals surface area contributed by atoms with E-state index in [1.54, 1.807) is 0 Å². The van der Waals surface area contributed by atoms with Crippen LogP contribution in [0.3, 0.4) is 0 Å². The van der Waals surface area contributed by atoms with Crippen molar-refractivity contribution < 1.29 is 9.53 Å². The second-order valence-corrected chi connectivity index (χ2v) is 3.92. The summed E-state index contributed by atoms with van der Waals surface area (Å²) in [5.74, 6) is 1.97. The lowest BCUT2D eigenvalue weighted by Crippen LogP contribution is -2.02. The number of unbranched alkanes of at least 4 members (excludes halogenated alkanes) is 1. The topological polar surface area (TPSA) is 26.3 Å². The molecule has 13 heavy (non-hydrogen) atoms. The number of esters is 1. The molecule has 0 rings (SSSR count). The van der Waals surface area contributed by atoms with E-state index in [1.807, 2.05) is 11.8 Å². The van der Waals surface area contributed by atoms with E-state index in [1.165, 1.54) is 24.7 Å². The molecule has 76 valence electrons. The average molecular weight is 202 g/mol. The van der Waals surface area contributed by atoms with Gasteiger partial charge in [-0.2, -0.15) is 11.8 Å². The zero-order chi connectivity index (χ0) is 9.94. The van der Waals surface area contributed by atoms with Gasteiger partial charge in [0.1, 0.15) is 0 Å². The Labute approximate surface area is 84.7 Å². The van der Waals surface area contributed by atoms with Crippen LogP contribution >= 0.6 is 11.8 Å². The molecule has 0 fully saturated rings. The van der Waals surface area contributed by atoms with Crippen molar-refractivity contribution in [2.24, 2.45) is 0 Å². The highest BCUT2D eigenvalue weighted by atomic mass is 32.2. The summed E-state index contributed by atoms with van der Waals surface area (Å²) in [5.41, 5.74) is 0. The van der Waals surface area contributed by atoms with E-state index in [4.69, 9.17) is 4.74 Å². The van der Waals surface area contributed by atoms with Gasteiger partial charge in [0.15, 0.2) is 0 Å². The molecule has 0 atom stereocenters. The molecule has 0 heterocycles. The first-order valence-electron chi connectivity index (χ1n) is 4.68. The maximum atomic E-state index is 10.6. The number of thioether (sulfide) groups is 1. The molecule has 2 nitrogen and oxygen atoms in total. The number of rotatable bonds is 8. The Kier molecular flexibility index (Phi) is 9.32. The minimum Gasteiger partial charge on any atom is -0.463 e. The van der Waals surface area contributed by atoms with Crippen molar-refractivity contribution in [2.45, 2.75) is 26.2 Å². The number of carbonyl (C=O) groups is 1. The number of ether oxygens (including phenoxy) is 1. The molecule has 0 spiro atoms. The van der Waals surface area contributed by atoms with Crippen molar-refractivity contribution in [1.82, 2.24) is 0 Å². The van der Waals surface area contributed by atoms with Gasteiger partial charge in [0.25, 0.3) is 0 Å². The van der Waals surface area contributed by atoms with Crippen molar-refractivity contribution in [1.29, 1.82) is 0 Å². The first-order chi connectivity index (χ1) is 6.31. The lowest BCUT2D eigenvalue weighted by molar-refractivity contribution is -0.137. The molecule has 0 N–H and O–H groups in total. The summed E-state index contributed by atoms with van der Waals surface area (Å²) in [6.07, 6.45) is 4.66. The Balaban J connectivity index is 2.99. The van der Waals surface area contributed by atoms with Crippen molar-refractivity contribution >= 4 is 17.7 Å². The standard InChI is InChI=1S/C10H18O2S/c1-3-5-8-13-9-6-7-12-10(11)4-2/h4H,2-3,5-9H2,1H3. The highest BCUT2D eigenvalue weighted by Gasteiger charge is 1.94. The molecule has 3 heteroatoms. The van der Waals surface area contributed by atoms with E-state index in [2.05, 4.69) is 13.5 Å². The SMILES string of the molecule is C=CC(=O)OCCCSCCCC. The van der Waals surface area contributed by atoms with Crippen LogP contribution in [-0.2, 0) is 9.53 Å². The predicted molar refractivity (Wildman–Crippen MR) is 58.0 cm³/mol. The highest BCUT2D eigenvalue weighted by molar-refractivity contribution is 7.99. The zero-order valence-corrected chi connectivity index (χ0v) is 9.07. The maximum Gasteiger partial charge on any atom is 0.330 e. The fraction of sp³-hybridized carbons (Fsp3) is 0.700. The number of hydrogen-bond donors (Lipinski definition) is 0. The molecule has 0 aliphatic rings. The molecule has 0 unspecified atom stereocenters. The second-order valence-electron chi connectivity index (χ2n) is 2.69. The quantitative estimate of drug-likeness (QED) is 0.344. The highest BCUT2D eigenvalue weighted by Crippen LogP contribution is 2.05. The summed E-state index contributed by atoms with van der Waals surface area (Å²) in [5, 5.41) is 0. The molecule has 0 radical (unpaired) electrons. The van der Waals surface area contributed by atoms with Crippen molar-refractivity contribution in [3.8, 4) is 0 Å². The van der Waals surface area contributed by atoms with Crippen LogP contribution in [0, 0.1) is 0 Å². The number of hydrogen-bond acceptors (Lipinski definition) is 3. The summed E-state index contributed by atoms with van der Waals surface area (Å²) in [7, 11) is 0. The van der Waals surface area contributed by atoms with Crippen LogP contribution in [0.2, 0.25) is 0 Å². The fourth-order valence-corrected chi connectivity index (χ4v) is 1.76. The van der Waals surface area contributed by atoms with Crippen LogP contribution in [0.4, 0.5) is 0 Å². The van der Waals surface area contributed by atoms with E-state index in [9.17, 15) is 4.79 Å². The van der Waals surface area contributed by atoms with Crippen LogP contribution in [0.1, 0.15) is 26.2 Å². The molecule has 0 aliphatic heterocycles. The van der Waals surface area contributed by atoms with Gasteiger partial charge in [0.2, 0.25) is 0 Å². The lowest BCUT2D eigenvalue weighted by atomic mass is 10.4. The van der Waals surface area contributed by atoms with Crippen molar-refractivity contribution in [2.75, 3.05) is 18.1 Å². The normalized spacial score (nSPS) is 9.62. The third-order valence-electron chi connectivity index (χ3n) is 1.49. The average Bonchev–Trinajstić information content (AvgIpc) is 2.16. The smallest absolute Gasteiger partial charge is 0.330 e. The first kappa shape index (κ1) is 12.6. The van der Waals surface area contributed by atoms with E-state index in [0.717, 1.165) is 12.2 Å². The van der Waals surface area contributed by atoms with E-state index < -0.39 is 0 Å². The van der Waals surface area contributed by atoms with Gasteiger partial charge in [-0.1, -0.05) is 19.9 Å².